The average Bonchev–Trinajstić information content (AvgIpc) is 2.81. The Hall–Kier alpha value is -1.43. The quantitative estimate of drug-likeness (QED) is 0.898. The van der Waals surface area contributed by atoms with Gasteiger partial charge in [0.05, 0.1) is 36.1 Å². The van der Waals surface area contributed by atoms with Crippen molar-refractivity contribution in [3.8, 4) is 0 Å². The summed E-state index contributed by atoms with van der Waals surface area (Å²) >= 11 is 0. The van der Waals surface area contributed by atoms with Gasteiger partial charge in [0, 0.05) is 13.1 Å². The lowest BCUT2D eigenvalue weighted by atomic mass is 10.1. The van der Waals surface area contributed by atoms with E-state index in [9.17, 15) is 10.2 Å². The fourth-order valence-electron chi connectivity index (χ4n) is 3.24. The van der Waals surface area contributed by atoms with E-state index in [1.807, 2.05) is 4.57 Å². The molecule has 0 bridgehead atoms. The number of fused-ring (bicyclic) bond motifs is 1. The van der Waals surface area contributed by atoms with Gasteiger partial charge >= 0.3 is 0 Å². The number of hydrogen-bond donors (Lipinski definition) is 2. The van der Waals surface area contributed by atoms with Gasteiger partial charge in [-0.05, 0) is 56.5 Å². The Bertz CT molecular complexity index is 653. The summed E-state index contributed by atoms with van der Waals surface area (Å²) in [7, 11) is 0. The van der Waals surface area contributed by atoms with Gasteiger partial charge in [-0.15, -0.1) is 0 Å². The predicted molar refractivity (Wildman–Crippen MR) is 86.9 cm³/mol. The lowest BCUT2D eigenvalue weighted by molar-refractivity contribution is 0.0352. The normalized spacial score (nSPS) is 21.4. The number of benzene rings is 1. The number of aliphatic hydroxyl groups excluding tert-OH is 2. The third kappa shape index (κ3) is 3.32. The van der Waals surface area contributed by atoms with E-state index in [4.69, 9.17) is 0 Å². The van der Waals surface area contributed by atoms with Crippen LogP contribution < -0.4 is 0 Å². The molecule has 0 radical (unpaired) electrons. The number of rotatable bonds is 4. The van der Waals surface area contributed by atoms with E-state index < -0.39 is 6.10 Å². The van der Waals surface area contributed by atoms with Gasteiger partial charge < -0.3 is 14.8 Å². The number of nitrogens with zero attached hydrogens (tertiary/aromatic N) is 3. The summed E-state index contributed by atoms with van der Waals surface area (Å²) < 4.78 is 2.02. The Labute approximate surface area is 131 Å². The Kier molecular flexibility index (Phi) is 4.47. The second kappa shape index (κ2) is 6.36. The number of hydrogen-bond acceptors (Lipinski definition) is 4. The van der Waals surface area contributed by atoms with Gasteiger partial charge in [0.1, 0.15) is 0 Å². The highest BCUT2D eigenvalue weighted by atomic mass is 16.3. The van der Waals surface area contributed by atoms with Crippen molar-refractivity contribution in [2.24, 2.45) is 0 Å². The highest BCUT2D eigenvalue weighted by Crippen LogP contribution is 2.19. The van der Waals surface area contributed by atoms with Crippen molar-refractivity contribution in [2.45, 2.75) is 45.4 Å². The summed E-state index contributed by atoms with van der Waals surface area (Å²) in [5, 5.41) is 20.1. The lowest BCUT2D eigenvalue weighted by Gasteiger charge is -2.31. The van der Waals surface area contributed by atoms with Crippen molar-refractivity contribution in [1.82, 2.24) is 14.5 Å². The zero-order valence-corrected chi connectivity index (χ0v) is 13.4. The molecule has 2 heterocycles. The summed E-state index contributed by atoms with van der Waals surface area (Å²) in [6.45, 7) is 6.94. The molecule has 5 nitrogen and oxygen atoms in total. The van der Waals surface area contributed by atoms with Crippen molar-refractivity contribution in [2.75, 3.05) is 19.6 Å². The summed E-state index contributed by atoms with van der Waals surface area (Å²) in [5.41, 5.74) is 4.52. The van der Waals surface area contributed by atoms with Crippen LogP contribution in [0.5, 0.6) is 0 Å². The first kappa shape index (κ1) is 15.5. The Morgan fingerprint density at radius 3 is 2.82 bits per heavy atom. The Morgan fingerprint density at radius 1 is 1.27 bits per heavy atom. The van der Waals surface area contributed by atoms with Crippen LogP contribution in [0.15, 0.2) is 18.5 Å². The van der Waals surface area contributed by atoms with E-state index in [-0.39, 0.29) is 6.10 Å². The Balaban J connectivity index is 1.68. The largest absolute Gasteiger partial charge is 0.392 e. The maximum absolute atomic E-state index is 10.4. The van der Waals surface area contributed by atoms with Gasteiger partial charge in [0.15, 0.2) is 0 Å². The number of likely N-dealkylation sites (tertiary alicyclic amines) is 1. The number of aliphatic hydroxyl groups is 2. The van der Waals surface area contributed by atoms with Crippen LogP contribution in [0.2, 0.25) is 0 Å². The number of imidazole rings is 1. The zero-order chi connectivity index (χ0) is 15.7. The minimum Gasteiger partial charge on any atom is -0.392 e. The molecule has 1 aromatic carbocycles. The van der Waals surface area contributed by atoms with Crippen molar-refractivity contribution in [3.63, 3.8) is 0 Å². The van der Waals surface area contributed by atoms with Crippen LogP contribution in [0.4, 0.5) is 0 Å². The van der Waals surface area contributed by atoms with E-state index in [1.165, 1.54) is 11.1 Å². The molecule has 0 amide bonds. The number of aromatic nitrogens is 2. The van der Waals surface area contributed by atoms with E-state index in [1.54, 1.807) is 6.33 Å². The first-order valence-electron chi connectivity index (χ1n) is 8.03. The highest BCUT2D eigenvalue weighted by Gasteiger charge is 2.20. The molecule has 2 N–H and O–H groups in total. The average molecular weight is 303 g/mol. The molecule has 3 rings (SSSR count). The molecular formula is C17H25N3O2. The van der Waals surface area contributed by atoms with Gasteiger partial charge in [-0.3, -0.25) is 4.90 Å². The fraction of sp³-hybridized carbons (Fsp3) is 0.588. The van der Waals surface area contributed by atoms with Crippen LogP contribution >= 0.6 is 0 Å². The SMILES string of the molecule is Cc1cc2ncn(C[C@H](O)CN3CCC[C@@H](O)C3)c2cc1C. The molecule has 22 heavy (non-hydrogen) atoms. The van der Waals surface area contributed by atoms with Gasteiger partial charge in [-0.1, -0.05) is 0 Å². The third-order valence-corrected chi connectivity index (χ3v) is 4.59. The maximum Gasteiger partial charge on any atom is 0.0959 e. The van der Waals surface area contributed by atoms with Crippen molar-refractivity contribution in [3.05, 3.63) is 29.6 Å². The molecular weight excluding hydrogens is 278 g/mol. The van der Waals surface area contributed by atoms with Gasteiger partial charge in [0.25, 0.3) is 0 Å². The van der Waals surface area contributed by atoms with E-state index >= 15 is 0 Å². The summed E-state index contributed by atoms with van der Waals surface area (Å²) in [4.78, 5) is 6.58. The number of aryl methyl sites for hydroxylation is 2. The van der Waals surface area contributed by atoms with Crippen LogP contribution in [-0.2, 0) is 6.54 Å². The first-order valence-corrected chi connectivity index (χ1v) is 8.03. The van der Waals surface area contributed by atoms with E-state index in [2.05, 4.69) is 35.9 Å². The molecule has 0 unspecified atom stereocenters. The minimum absolute atomic E-state index is 0.249. The molecule has 0 aliphatic carbocycles. The smallest absolute Gasteiger partial charge is 0.0959 e. The lowest BCUT2D eigenvalue weighted by Crippen LogP contribution is -2.43. The Morgan fingerprint density at radius 2 is 2.05 bits per heavy atom. The van der Waals surface area contributed by atoms with Crippen molar-refractivity contribution in [1.29, 1.82) is 0 Å². The molecule has 2 atom stereocenters. The second-order valence-corrected chi connectivity index (χ2v) is 6.53. The molecule has 120 valence electrons. The first-order chi connectivity index (χ1) is 10.5. The topological polar surface area (TPSA) is 61.5 Å². The molecule has 2 aromatic rings. The van der Waals surface area contributed by atoms with E-state index in [0.29, 0.717) is 19.6 Å². The second-order valence-electron chi connectivity index (χ2n) is 6.53. The molecule has 1 fully saturated rings. The molecule has 1 aromatic heterocycles. The molecule has 1 aliphatic rings. The van der Waals surface area contributed by atoms with Crippen LogP contribution in [-0.4, -0.2) is 56.5 Å². The van der Waals surface area contributed by atoms with Gasteiger partial charge in [0.2, 0.25) is 0 Å². The summed E-state index contributed by atoms with van der Waals surface area (Å²) in [6.07, 6.45) is 2.97. The van der Waals surface area contributed by atoms with Crippen LogP contribution in [0.25, 0.3) is 11.0 Å². The molecule has 5 heteroatoms. The number of piperidine rings is 1. The zero-order valence-electron chi connectivity index (χ0n) is 13.4. The molecule has 0 saturated carbocycles. The molecule has 0 spiro atoms. The van der Waals surface area contributed by atoms with Crippen molar-refractivity contribution >= 4 is 11.0 Å². The van der Waals surface area contributed by atoms with Gasteiger partial charge in [-0.25, -0.2) is 4.98 Å². The van der Waals surface area contributed by atoms with Gasteiger partial charge in [-0.2, -0.15) is 0 Å². The van der Waals surface area contributed by atoms with Crippen molar-refractivity contribution < 1.29 is 10.2 Å². The standard InChI is InChI=1S/C17H25N3O2/c1-12-6-16-17(7-13(12)2)20(11-18-16)10-15(22)9-19-5-3-4-14(21)8-19/h6-7,11,14-15,21-22H,3-5,8-10H2,1-2H3/t14-,15-/m1/s1. The predicted octanol–water partition coefficient (Wildman–Crippen LogP) is 1.47. The third-order valence-electron chi connectivity index (χ3n) is 4.59. The molecule has 1 aliphatic heterocycles. The van der Waals surface area contributed by atoms with Crippen LogP contribution in [0, 0.1) is 13.8 Å². The minimum atomic E-state index is -0.454. The van der Waals surface area contributed by atoms with E-state index in [0.717, 1.165) is 30.4 Å². The molecule has 1 saturated heterocycles. The van der Waals surface area contributed by atoms with Crippen LogP contribution in [0.1, 0.15) is 24.0 Å². The summed E-state index contributed by atoms with van der Waals surface area (Å²) in [6, 6.07) is 4.23. The monoisotopic (exact) mass is 303 g/mol. The fourth-order valence-corrected chi connectivity index (χ4v) is 3.24. The number of β-amino-alcohol motifs (C(OH)–C–C–N with tert-alkyl or cyclic N) is 2. The summed E-state index contributed by atoms with van der Waals surface area (Å²) in [5.74, 6) is 0. The highest BCUT2D eigenvalue weighted by molar-refractivity contribution is 5.77. The van der Waals surface area contributed by atoms with Crippen LogP contribution in [0.3, 0.4) is 0 Å². The maximum atomic E-state index is 10.4.